The lowest BCUT2D eigenvalue weighted by Crippen LogP contribution is -2.41. The summed E-state index contributed by atoms with van der Waals surface area (Å²) < 4.78 is 10.7. The van der Waals surface area contributed by atoms with E-state index in [0.717, 1.165) is 50.1 Å². The third-order valence-electron chi connectivity index (χ3n) is 4.45. The van der Waals surface area contributed by atoms with E-state index in [1.165, 1.54) is 5.56 Å². The smallest absolute Gasteiger partial charge is 0.191 e. The molecular weight excluding hydrogens is 467 g/mol. The first-order valence-electron chi connectivity index (χ1n) is 9.91. The quantitative estimate of drug-likeness (QED) is 0.273. The molecule has 6 nitrogen and oxygen atoms in total. The Bertz CT molecular complexity index is 572. The minimum atomic E-state index is 0. The Morgan fingerprint density at radius 1 is 1.04 bits per heavy atom. The van der Waals surface area contributed by atoms with Gasteiger partial charge in [-0.05, 0) is 58.7 Å². The summed E-state index contributed by atoms with van der Waals surface area (Å²) in [5.74, 6) is 2.38. The van der Waals surface area contributed by atoms with Crippen LogP contribution in [0.1, 0.15) is 40.2 Å². The van der Waals surface area contributed by atoms with Crippen molar-refractivity contribution in [2.75, 3.05) is 40.4 Å². The standard InChI is InChI=1S/C21H38N4O2.HI/c1-8-22-21(24-13-14-25(16(2)3)17(4)5)23-12-11-18-9-10-19(26-6)20(15-18)27-7;/h9-10,15-17H,8,11-14H2,1-7H3,(H2,22,23,24);1H. The molecule has 0 heterocycles. The van der Waals surface area contributed by atoms with Crippen molar-refractivity contribution in [2.45, 2.75) is 53.1 Å². The Balaban J connectivity index is 0.00000729. The van der Waals surface area contributed by atoms with Crippen LogP contribution in [0.4, 0.5) is 0 Å². The molecule has 1 rings (SSSR count). The molecule has 0 aliphatic carbocycles. The Morgan fingerprint density at radius 3 is 2.21 bits per heavy atom. The van der Waals surface area contributed by atoms with Gasteiger partial charge in [-0.1, -0.05) is 6.07 Å². The second-order valence-corrected chi connectivity index (χ2v) is 7.05. The third-order valence-corrected chi connectivity index (χ3v) is 4.45. The van der Waals surface area contributed by atoms with Crippen LogP contribution in [0.3, 0.4) is 0 Å². The summed E-state index contributed by atoms with van der Waals surface area (Å²) >= 11 is 0. The number of nitrogens with zero attached hydrogens (tertiary/aromatic N) is 2. The Hall–Kier alpha value is -1.22. The van der Waals surface area contributed by atoms with Crippen LogP contribution in [0, 0.1) is 0 Å². The summed E-state index contributed by atoms with van der Waals surface area (Å²) in [5.41, 5.74) is 1.20. The maximum atomic E-state index is 5.37. The van der Waals surface area contributed by atoms with E-state index in [1.807, 2.05) is 12.1 Å². The molecule has 0 atom stereocenters. The van der Waals surface area contributed by atoms with Gasteiger partial charge in [0.25, 0.3) is 0 Å². The van der Waals surface area contributed by atoms with Gasteiger partial charge in [0.05, 0.1) is 20.8 Å². The van der Waals surface area contributed by atoms with Crippen LogP contribution < -0.4 is 20.1 Å². The number of benzene rings is 1. The second kappa shape index (κ2) is 14.7. The lowest BCUT2D eigenvalue weighted by atomic mass is 10.1. The highest BCUT2D eigenvalue weighted by molar-refractivity contribution is 14.0. The molecule has 0 saturated carbocycles. The van der Waals surface area contributed by atoms with Gasteiger partial charge in [0.2, 0.25) is 0 Å². The summed E-state index contributed by atoms with van der Waals surface area (Å²) in [7, 11) is 3.31. The van der Waals surface area contributed by atoms with Crippen LogP contribution in [0.5, 0.6) is 11.5 Å². The molecule has 0 spiro atoms. The Kier molecular flexibility index (Phi) is 14.1. The maximum Gasteiger partial charge on any atom is 0.191 e. The van der Waals surface area contributed by atoms with Gasteiger partial charge in [0.1, 0.15) is 0 Å². The molecule has 0 fully saturated rings. The predicted molar refractivity (Wildman–Crippen MR) is 130 cm³/mol. The van der Waals surface area contributed by atoms with Gasteiger partial charge in [0, 0.05) is 31.7 Å². The topological polar surface area (TPSA) is 58.1 Å². The Labute approximate surface area is 188 Å². The fourth-order valence-electron chi connectivity index (χ4n) is 3.09. The largest absolute Gasteiger partial charge is 0.493 e. The summed E-state index contributed by atoms with van der Waals surface area (Å²) in [6.07, 6.45) is 0.884. The van der Waals surface area contributed by atoms with Crippen LogP contribution in [-0.4, -0.2) is 63.3 Å². The highest BCUT2D eigenvalue weighted by atomic mass is 127. The van der Waals surface area contributed by atoms with Gasteiger partial charge in [0.15, 0.2) is 17.5 Å². The zero-order valence-corrected chi connectivity index (χ0v) is 20.9. The normalized spacial score (nSPS) is 11.6. The first kappa shape index (κ1) is 26.8. The number of ether oxygens (including phenoxy) is 2. The highest BCUT2D eigenvalue weighted by Crippen LogP contribution is 2.27. The van der Waals surface area contributed by atoms with Gasteiger partial charge < -0.3 is 20.1 Å². The predicted octanol–water partition coefficient (Wildman–Crippen LogP) is 3.54. The molecule has 0 amide bonds. The molecular formula is C21H39IN4O2. The van der Waals surface area contributed by atoms with Crippen molar-refractivity contribution in [3.8, 4) is 11.5 Å². The minimum absolute atomic E-state index is 0. The van der Waals surface area contributed by atoms with E-state index in [9.17, 15) is 0 Å². The number of guanidine groups is 1. The molecule has 0 aliphatic rings. The number of hydrogen-bond donors (Lipinski definition) is 2. The van der Waals surface area contributed by atoms with E-state index in [0.29, 0.717) is 12.1 Å². The third kappa shape index (κ3) is 9.32. The van der Waals surface area contributed by atoms with Gasteiger partial charge >= 0.3 is 0 Å². The average Bonchev–Trinajstić information content (AvgIpc) is 2.64. The number of halogens is 1. The molecule has 0 bridgehead atoms. The molecule has 2 N–H and O–H groups in total. The SMILES string of the molecule is CCNC(=NCCN(C(C)C)C(C)C)NCCc1ccc(OC)c(OC)c1.I. The van der Waals surface area contributed by atoms with Crippen LogP contribution in [0.15, 0.2) is 23.2 Å². The maximum absolute atomic E-state index is 5.37. The van der Waals surface area contributed by atoms with Gasteiger partial charge in [-0.25, -0.2) is 0 Å². The first-order chi connectivity index (χ1) is 12.9. The number of rotatable bonds is 11. The zero-order chi connectivity index (χ0) is 20.2. The molecule has 162 valence electrons. The van der Waals surface area contributed by atoms with E-state index in [4.69, 9.17) is 14.5 Å². The molecule has 7 heteroatoms. The van der Waals surface area contributed by atoms with E-state index in [2.05, 4.69) is 56.2 Å². The molecule has 0 aliphatic heterocycles. The lowest BCUT2D eigenvalue weighted by Gasteiger charge is -2.29. The van der Waals surface area contributed by atoms with E-state index >= 15 is 0 Å². The summed E-state index contributed by atoms with van der Waals surface area (Å²) in [6.45, 7) is 14.4. The number of nitrogens with one attached hydrogen (secondary N) is 2. The summed E-state index contributed by atoms with van der Waals surface area (Å²) in [6, 6.07) is 7.09. The van der Waals surface area contributed by atoms with Crippen molar-refractivity contribution in [3.05, 3.63) is 23.8 Å². The van der Waals surface area contributed by atoms with Crippen molar-refractivity contribution >= 4 is 29.9 Å². The number of hydrogen-bond acceptors (Lipinski definition) is 4. The van der Waals surface area contributed by atoms with Crippen molar-refractivity contribution in [1.29, 1.82) is 0 Å². The lowest BCUT2D eigenvalue weighted by molar-refractivity contribution is 0.181. The fraction of sp³-hybridized carbons (Fsp3) is 0.667. The first-order valence-corrected chi connectivity index (χ1v) is 9.91. The van der Waals surface area contributed by atoms with E-state index in [1.54, 1.807) is 14.2 Å². The van der Waals surface area contributed by atoms with E-state index < -0.39 is 0 Å². The summed E-state index contributed by atoms with van der Waals surface area (Å²) in [5, 5.41) is 6.73. The molecule has 28 heavy (non-hydrogen) atoms. The van der Waals surface area contributed by atoms with Crippen molar-refractivity contribution in [1.82, 2.24) is 15.5 Å². The van der Waals surface area contributed by atoms with Crippen molar-refractivity contribution in [3.63, 3.8) is 0 Å². The Morgan fingerprint density at radius 2 is 1.68 bits per heavy atom. The molecule has 0 aromatic heterocycles. The van der Waals surface area contributed by atoms with Gasteiger partial charge in [-0.15, -0.1) is 24.0 Å². The van der Waals surface area contributed by atoms with Gasteiger partial charge in [-0.3, -0.25) is 9.89 Å². The summed E-state index contributed by atoms with van der Waals surface area (Å²) in [4.78, 5) is 7.17. The second-order valence-electron chi connectivity index (χ2n) is 7.05. The number of aliphatic imine (C=N–C) groups is 1. The molecule has 0 unspecified atom stereocenters. The molecule has 0 radical (unpaired) electrons. The zero-order valence-electron chi connectivity index (χ0n) is 18.5. The van der Waals surface area contributed by atoms with Crippen molar-refractivity contribution in [2.24, 2.45) is 4.99 Å². The highest BCUT2D eigenvalue weighted by Gasteiger charge is 2.12. The molecule has 1 aromatic carbocycles. The average molecular weight is 506 g/mol. The van der Waals surface area contributed by atoms with Crippen LogP contribution in [-0.2, 0) is 6.42 Å². The monoisotopic (exact) mass is 506 g/mol. The van der Waals surface area contributed by atoms with Crippen LogP contribution in [0.2, 0.25) is 0 Å². The fourth-order valence-corrected chi connectivity index (χ4v) is 3.09. The number of methoxy groups -OCH3 is 2. The van der Waals surface area contributed by atoms with Crippen molar-refractivity contribution < 1.29 is 9.47 Å². The van der Waals surface area contributed by atoms with Gasteiger partial charge in [-0.2, -0.15) is 0 Å². The molecule has 0 saturated heterocycles. The van der Waals surface area contributed by atoms with E-state index in [-0.39, 0.29) is 24.0 Å². The molecule has 1 aromatic rings. The van der Waals surface area contributed by atoms with Crippen LogP contribution >= 0.6 is 24.0 Å². The van der Waals surface area contributed by atoms with Crippen LogP contribution in [0.25, 0.3) is 0 Å². The minimum Gasteiger partial charge on any atom is -0.493 e.